The molecule has 0 radical (unpaired) electrons. The molecule has 1 atom stereocenters. The molecule has 2 rings (SSSR count). The van der Waals surface area contributed by atoms with Gasteiger partial charge in [-0.15, -0.1) is 0 Å². The van der Waals surface area contributed by atoms with Crippen LogP contribution in [-0.2, 0) is 0 Å². The Morgan fingerprint density at radius 1 is 1.67 bits per heavy atom. The van der Waals surface area contributed by atoms with Crippen molar-refractivity contribution in [3.63, 3.8) is 0 Å². The fraction of sp³-hybridized carbons (Fsp3) is 0.538. The Morgan fingerprint density at radius 3 is 3.17 bits per heavy atom. The van der Waals surface area contributed by atoms with Gasteiger partial charge in [0.05, 0.1) is 17.4 Å². The molecule has 2 heterocycles. The molecule has 0 aromatic carbocycles. The lowest BCUT2D eigenvalue weighted by atomic mass is 10.1. The second kappa shape index (κ2) is 5.82. The molecule has 0 amide bonds. The van der Waals surface area contributed by atoms with Crippen molar-refractivity contribution in [3.8, 4) is 0 Å². The fourth-order valence-electron chi connectivity index (χ4n) is 2.34. The molecule has 0 bridgehead atoms. The first-order chi connectivity index (χ1) is 8.70. The number of rotatable bonds is 5. The normalized spacial score (nSPS) is 19.9. The number of nitrogens with one attached hydrogen (secondary N) is 1. The highest BCUT2D eigenvalue weighted by Crippen LogP contribution is 2.18. The van der Waals surface area contributed by atoms with Gasteiger partial charge in [0, 0.05) is 19.3 Å². The van der Waals surface area contributed by atoms with Gasteiger partial charge < -0.3 is 15.3 Å². The molecule has 1 saturated heterocycles. The first-order valence-electron chi connectivity index (χ1n) is 6.34. The lowest BCUT2D eigenvalue weighted by Gasteiger charge is -2.15. The highest BCUT2D eigenvalue weighted by molar-refractivity contribution is 5.93. The molecule has 1 fully saturated rings. The number of carboxylic acids is 1. The minimum absolute atomic E-state index is 0.287. The van der Waals surface area contributed by atoms with Crippen LogP contribution in [-0.4, -0.2) is 47.1 Å². The Kier molecular flexibility index (Phi) is 4.15. The standard InChI is InChI=1S/C13H19N3O2/c1-2-16-6-4-10(9-16)7-15-12-8-14-5-3-11(12)13(17)18/h3,5,8,10,15H,2,4,6-7,9H2,1H3,(H,17,18). The minimum Gasteiger partial charge on any atom is -0.478 e. The third-order valence-corrected chi connectivity index (χ3v) is 3.45. The van der Waals surface area contributed by atoms with Crippen LogP contribution < -0.4 is 5.32 Å². The molecule has 1 aliphatic rings. The molecule has 18 heavy (non-hydrogen) atoms. The van der Waals surface area contributed by atoms with Crippen molar-refractivity contribution in [1.29, 1.82) is 0 Å². The van der Waals surface area contributed by atoms with Gasteiger partial charge in [-0.3, -0.25) is 4.98 Å². The van der Waals surface area contributed by atoms with Crippen LogP contribution in [0.4, 0.5) is 5.69 Å². The molecule has 98 valence electrons. The maximum atomic E-state index is 11.0. The lowest BCUT2D eigenvalue weighted by molar-refractivity contribution is 0.0698. The smallest absolute Gasteiger partial charge is 0.337 e. The van der Waals surface area contributed by atoms with Crippen LogP contribution in [0.1, 0.15) is 23.7 Å². The van der Waals surface area contributed by atoms with E-state index in [0.29, 0.717) is 11.6 Å². The maximum absolute atomic E-state index is 11.0. The number of aromatic nitrogens is 1. The van der Waals surface area contributed by atoms with Gasteiger partial charge in [-0.1, -0.05) is 6.92 Å². The summed E-state index contributed by atoms with van der Waals surface area (Å²) < 4.78 is 0. The Hall–Kier alpha value is -1.62. The summed E-state index contributed by atoms with van der Waals surface area (Å²) in [5, 5.41) is 12.3. The van der Waals surface area contributed by atoms with Crippen LogP contribution in [0.15, 0.2) is 18.5 Å². The first-order valence-corrected chi connectivity index (χ1v) is 6.34. The molecular formula is C13H19N3O2. The van der Waals surface area contributed by atoms with E-state index in [1.807, 2.05) is 0 Å². The lowest BCUT2D eigenvalue weighted by Crippen LogP contribution is -2.22. The minimum atomic E-state index is -0.915. The van der Waals surface area contributed by atoms with E-state index in [-0.39, 0.29) is 5.56 Å². The van der Waals surface area contributed by atoms with E-state index in [2.05, 4.69) is 22.1 Å². The highest BCUT2D eigenvalue weighted by Gasteiger charge is 2.21. The number of likely N-dealkylation sites (tertiary alicyclic amines) is 1. The summed E-state index contributed by atoms with van der Waals surface area (Å²) in [5.74, 6) is -0.326. The van der Waals surface area contributed by atoms with Crippen molar-refractivity contribution in [3.05, 3.63) is 24.0 Å². The van der Waals surface area contributed by atoms with Crippen LogP contribution in [0.5, 0.6) is 0 Å². The average Bonchev–Trinajstić information content (AvgIpc) is 2.84. The average molecular weight is 249 g/mol. The summed E-state index contributed by atoms with van der Waals surface area (Å²) in [5.41, 5.74) is 0.898. The zero-order valence-electron chi connectivity index (χ0n) is 10.6. The molecule has 0 saturated carbocycles. The summed E-state index contributed by atoms with van der Waals surface area (Å²) in [6.45, 7) is 6.29. The predicted octanol–water partition coefficient (Wildman–Crippen LogP) is 1.53. The number of anilines is 1. The fourth-order valence-corrected chi connectivity index (χ4v) is 2.34. The summed E-state index contributed by atoms with van der Waals surface area (Å²) in [7, 11) is 0. The quantitative estimate of drug-likeness (QED) is 0.828. The van der Waals surface area contributed by atoms with E-state index in [4.69, 9.17) is 5.11 Å². The van der Waals surface area contributed by atoms with E-state index in [9.17, 15) is 4.79 Å². The van der Waals surface area contributed by atoms with Crippen molar-refractivity contribution in [2.24, 2.45) is 5.92 Å². The number of carbonyl (C=O) groups is 1. The molecular weight excluding hydrogens is 230 g/mol. The number of hydrogen-bond donors (Lipinski definition) is 2. The number of hydrogen-bond acceptors (Lipinski definition) is 4. The van der Waals surface area contributed by atoms with E-state index in [0.717, 1.165) is 26.2 Å². The molecule has 5 heteroatoms. The van der Waals surface area contributed by atoms with Crippen LogP contribution in [0, 0.1) is 5.92 Å². The number of aromatic carboxylic acids is 1. The van der Waals surface area contributed by atoms with Gasteiger partial charge in [0.25, 0.3) is 0 Å². The van der Waals surface area contributed by atoms with Crippen LogP contribution in [0.3, 0.4) is 0 Å². The van der Waals surface area contributed by atoms with E-state index < -0.39 is 5.97 Å². The summed E-state index contributed by atoms with van der Waals surface area (Å²) in [4.78, 5) is 17.4. The Balaban J connectivity index is 1.92. The molecule has 2 N–H and O–H groups in total. The largest absolute Gasteiger partial charge is 0.478 e. The zero-order chi connectivity index (χ0) is 13.0. The predicted molar refractivity (Wildman–Crippen MR) is 69.9 cm³/mol. The molecule has 1 aromatic rings. The molecule has 0 spiro atoms. The van der Waals surface area contributed by atoms with E-state index in [1.165, 1.54) is 18.7 Å². The second-order valence-corrected chi connectivity index (χ2v) is 4.66. The van der Waals surface area contributed by atoms with Gasteiger partial charge in [-0.05, 0) is 31.5 Å². The summed E-state index contributed by atoms with van der Waals surface area (Å²) in [6, 6.07) is 1.53. The SMILES string of the molecule is CCN1CCC(CNc2cnccc2C(=O)O)C1. The third-order valence-electron chi connectivity index (χ3n) is 3.45. The van der Waals surface area contributed by atoms with Gasteiger partial charge in [0.2, 0.25) is 0 Å². The highest BCUT2D eigenvalue weighted by atomic mass is 16.4. The zero-order valence-corrected chi connectivity index (χ0v) is 10.6. The van der Waals surface area contributed by atoms with Crippen molar-refractivity contribution in [2.75, 3.05) is 31.5 Å². The number of carboxylic acid groups (broad SMARTS) is 1. The maximum Gasteiger partial charge on any atom is 0.337 e. The van der Waals surface area contributed by atoms with Crippen molar-refractivity contribution >= 4 is 11.7 Å². The molecule has 1 unspecified atom stereocenters. The molecule has 5 nitrogen and oxygen atoms in total. The summed E-state index contributed by atoms with van der Waals surface area (Å²) in [6.07, 6.45) is 4.25. The Labute approximate surface area is 107 Å². The van der Waals surface area contributed by atoms with Gasteiger partial charge in [0.15, 0.2) is 0 Å². The molecule has 1 aliphatic heterocycles. The number of pyridine rings is 1. The van der Waals surface area contributed by atoms with Gasteiger partial charge in [-0.25, -0.2) is 4.79 Å². The van der Waals surface area contributed by atoms with E-state index >= 15 is 0 Å². The third kappa shape index (κ3) is 2.98. The molecule has 0 aliphatic carbocycles. The van der Waals surface area contributed by atoms with Gasteiger partial charge in [-0.2, -0.15) is 0 Å². The van der Waals surface area contributed by atoms with Crippen LogP contribution >= 0.6 is 0 Å². The molecule has 1 aromatic heterocycles. The van der Waals surface area contributed by atoms with Gasteiger partial charge in [0.1, 0.15) is 0 Å². The second-order valence-electron chi connectivity index (χ2n) is 4.66. The Morgan fingerprint density at radius 2 is 2.50 bits per heavy atom. The Bertz CT molecular complexity index is 422. The van der Waals surface area contributed by atoms with E-state index in [1.54, 1.807) is 6.20 Å². The van der Waals surface area contributed by atoms with Crippen molar-refractivity contribution in [1.82, 2.24) is 9.88 Å². The first kappa shape index (κ1) is 12.8. The topological polar surface area (TPSA) is 65.5 Å². The monoisotopic (exact) mass is 249 g/mol. The van der Waals surface area contributed by atoms with Crippen molar-refractivity contribution in [2.45, 2.75) is 13.3 Å². The van der Waals surface area contributed by atoms with Crippen molar-refractivity contribution < 1.29 is 9.90 Å². The van der Waals surface area contributed by atoms with Gasteiger partial charge >= 0.3 is 5.97 Å². The van der Waals surface area contributed by atoms with Crippen LogP contribution in [0.25, 0.3) is 0 Å². The van der Waals surface area contributed by atoms with Crippen LogP contribution in [0.2, 0.25) is 0 Å². The summed E-state index contributed by atoms with van der Waals surface area (Å²) >= 11 is 0. The number of nitrogens with zero attached hydrogens (tertiary/aromatic N) is 2.